The van der Waals surface area contributed by atoms with Gasteiger partial charge in [0.15, 0.2) is 0 Å². The summed E-state index contributed by atoms with van der Waals surface area (Å²) in [5, 5.41) is 0. The third-order valence-corrected chi connectivity index (χ3v) is 5.44. The van der Waals surface area contributed by atoms with Crippen molar-refractivity contribution in [1.29, 1.82) is 0 Å². The Bertz CT molecular complexity index is 205. The zero-order chi connectivity index (χ0) is 9.74. The smallest absolute Gasteiger partial charge is 0.0215 e. The summed E-state index contributed by atoms with van der Waals surface area (Å²) < 4.78 is 0. The zero-order valence-electron chi connectivity index (χ0n) is 9.74. The number of hydrogen-bond acceptors (Lipinski definition) is 0. The minimum Gasteiger partial charge on any atom is -0.0654 e. The van der Waals surface area contributed by atoms with Gasteiger partial charge in [-0.15, -0.1) is 0 Å². The van der Waals surface area contributed by atoms with Crippen LogP contribution in [0.3, 0.4) is 0 Å². The van der Waals surface area contributed by atoms with Crippen LogP contribution >= 0.6 is 0 Å². The molecule has 76 valence electrons. The topological polar surface area (TPSA) is 0 Å². The molecule has 13 heavy (non-hydrogen) atoms. The van der Waals surface area contributed by atoms with Crippen LogP contribution in [0.2, 0.25) is 0 Å². The molecule has 0 spiro atoms. The average molecular weight is 180 g/mol. The fourth-order valence-corrected chi connectivity index (χ4v) is 4.65. The molecule has 3 aliphatic carbocycles. The molecule has 0 aromatic carbocycles. The van der Waals surface area contributed by atoms with E-state index in [4.69, 9.17) is 0 Å². The maximum atomic E-state index is 2.55. The number of hydrogen-bond donors (Lipinski definition) is 0. The summed E-state index contributed by atoms with van der Waals surface area (Å²) in [4.78, 5) is 0. The minimum absolute atomic E-state index is 0.713. The standard InChI is InChI=1S/C13H24/c1-5-7-12(4)11(3)9-13(12,10-11)8-6-2/h5-10H2,1-4H3. The highest BCUT2D eigenvalue weighted by Gasteiger charge is 2.78. The third-order valence-electron chi connectivity index (χ3n) is 5.44. The molecule has 3 aliphatic rings. The Morgan fingerprint density at radius 1 is 0.923 bits per heavy atom. The lowest BCUT2D eigenvalue weighted by Gasteiger charge is -2.83. The van der Waals surface area contributed by atoms with Crippen LogP contribution in [0.4, 0.5) is 0 Å². The van der Waals surface area contributed by atoms with Gasteiger partial charge in [0, 0.05) is 0 Å². The maximum Gasteiger partial charge on any atom is -0.0215 e. The molecule has 0 radical (unpaired) electrons. The number of rotatable bonds is 4. The van der Waals surface area contributed by atoms with Gasteiger partial charge in [0.05, 0.1) is 0 Å². The monoisotopic (exact) mass is 180 g/mol. The van der Waals surface area contributed by atoms with Gasteiger partial charge in [-0.1, -0.05) is 40.5 Å². The van der Waals surface area contributed by atoms with Gasteiger partial charge < -0.3 is 0 Å². The van der Waals surface area contributed by atoms with Crippen molar-refractivity contribution in [3.63, 3.8) is 0 Å². The zero-order valence-corrected chi connectivity index (χ0v) is 9.74. The van der Waals surface area contributed by atoms with E-state index in [0.717, 1.165) is 10.8 Å². The molecule has 0 nitrogen and oxygen atoms in total. The summed E-state index contributed by atoms with van der Waals surface area (Å²) >= 11 is 0. The third kappa shape index (κ3) is 0.831. The highest BCUT2D eigenvalue weighted by atomic mass is 14.8. The van der Waals surface area contributed by atoms with Gasteiger partial charge in [-0.05, 0) is 41.9 Å². The second kappa shape index (κ2) is 2.52. The van der Waals surface area contributed by atoms with Crippen molar-refractivity contribution >= 4 is 0 Å². The lowest BCUT2D eigenvalue weighted by molar-refractivity contribution is -0.342. The molecule has 0 aromatic heterocycles. The molecule has 0 heterocycles. The van der Waals surface area contributed by atoms with Gasteiger partial charge in [-0.25, -0.2) is 0 Å². The molecule has 0 amide bonds. The quantitative estimate of drug-likeness (QED) is 0.602. The molecule has 3 fully saturated rings. The van der Waals surface area contributed by atoms with Crippen molar-refractivity contribution in [2.45, 2.75) is 66.2 Å². The van der Waals surface area contributed by atoms with Crippen LogP contribution in [0.15, 0.2) is 0 Å². The highest BCUT2D eigenvalue weighted by molar-refractivity contribution is 5.27. The van der Waals surface area contributed by atoms with E-state index in [1.165, 1.54) is 38.5 Å². The summed E-state index contributed by atoms with van der Waals surface area (Å²) in [6, 6.07) is 0. The van der Waals surface area contributed by atoms with Crippen molar-refractivity contribution in [3.05, 3.63) is 0 Å². The first-order chi connectivity index (χ1) is 6.04. The van der Waals surface area contributed by atoms with E-state index < -0.39 is 0 Å². The minimum atomic E-state index is 0.713. The van der Waals surface area contributed by atoms with E-state index in [1.807, 2.05) is 0 Å². The van der Waals surface area contributed by atoms with Crippen LogP contribution in [0.25, 0.3) is 0 Å². The Kier molecular flexibility index (Phi) is 1.85. The van der Waals surface area contributed by atoms with Crippen molar-refractivity contribution in [1.82, 2.24) is 0 Å². The molecule has 1 atom stereocenters. The van der Waals surface area contributed by atoms with E-state index >= 15 is 0 Å². The van der Waals surface area contributed by atoms with E-state index in [0.29, 0.717) is 5.41 Å². The van der Waals surface area contributed by atoms with Crippen LogP contribution < -0.4 is 0 Å². The second-order valence-electron chi connectivity index (χ2n) is 6.03. The molecule has 2 bridgehead atoms. The van der Waals surface area contributed by atoms with E-state index in [1.54, 1.807) is 0 Å². The first-order valence-electron chi connectivity index (χ1n) is 6.04. The van der Waals surface area contributed by atoms with Gasteiger partial charge in [0.25, 0.3) is 0 Å². The van der Waals surface area contributed by atoms with Gasteiger partial charge in [0.2, 0.25) is 0 Å². The van der Waals surface area contributed by atoms with E-state index in [2.05, 4.69) is 27.7 Å². The van der Waals surface area contributed by atoms with Crippen molar-refractivity contribution < 1.29 is 0 Å². The summed E-state index contributed by atoms with van der Waals surface area (Å²) in [5.41, 5.74) is 2.23. The molecule has 3 saturated carbocycles. The molecule has 3 rings (SSSR count). The highest BCUT2D eigenvalue weighted by Crippen LogP contribution is 2.86. The molecule has 1 unspecified atom stereocenters. The first-order valence-corrected chi connectivity index (χ1v) is 6.04. The van der Waals surface area contributed by atoms with Crippen LogP contribution in [-0.2, 0) is 0 Å². The summed E-state index contributed by atoms with van der Waals surface area (Å²) in [5.74, 6) is 0. The lowest BCUT2D eigenvalue weighted by atomic mass is 9.21. The van der Waals surface area contributed by atoms with Gasteiger partial charge >= 0.3 is 0 Å². The maximum absolute atomic E-state index is 2.55. The Labute approximate surface area is 83.1 Å². The first kappa shape index (κ1) is 9.55. The molecule has 0 saturated heterocycles. The Morgan fingerprint density at radius 3 is 1.85 bits per heavy atom. The predicted octanol–water partition coefficient (Wildman–Crippen LogP) is 4.39. The van der Waals surface area contributed by atoms with Crippen LogP contribution in [0.1, 0.15) is 66.2 Å². The van der Waals surface area contributed by atoms with Gasteiger partial charge in [-0.2, -0.15) is 0 Å². The van der Waals surface area contributed by atoms with Crippen molar-refractivity contribution in [2.75, 3.05) is 0 Å². The largest absolute Gasteiger partial charge is 0.0654 e. The van der Waals surface area contributed by atoms with Crippen molar-refractivity contribution in [3.8, 4) is 0 Å². The fraction of sp³-hybridized carbons (Fsp3) is 1.00. The Morgan fingerprint density at radius 2 is 1.46 bits per heavy atom. The lowest BCUT2D eigenvalue weighted by Crippen LogP contribution is -2.75. The van der Waals surface area contributed by atoms with Crippen molar-refractivity contribution in [2.24, 2.45) is 16.2 Å². The van der Waals surface area contributed by atoms with E-state index in [9.17, 15) is 0 Å². The summed E-state index contributed by atoms with van der Waals surface area (Å²) in [6.07, 6.45) is 8.77. The van der Waals surface area contributed by atoms with Gasteiger partial charge in [-0.3, -0.25) is 0 Å². The predicted molar refractivity (Wildman–Crippen MR) is 57.7 cm³/mol. The Hall–Kier alpha value is 0. The van der Waals surface area contributed by atoms with Crippen LogP contribution in [-0.4, -0.2) is 0 Å². The Balaban J connectivity index is 2.10. The molecular formula is C13H24. The summed E-state index contributed by atoms with van der Waals surface area (Å²) in [6.45, 7) is 9.75. The molecule has 0 aromatic rings. The van der Waals surface area contributed by atoms with Crippen LogP contribution in [0, 0.1) is 16.2 Å². The molecule has 0 aliphatic heterocycles. The van der Waals surface area contributed by atoms with Gasteiger partial charge in [0.1, 0.15) is 0 Å². The average Bonchev–Trinajstić information content (AvgIpc) is 2.03. The SMILES string of the molecule is CCCC12CC(C)(C1)C2(C)CCC. The fourth-order valence-electron chi connectivity index (χ4n) is 4.65. The molecular weight excluding hydrogens is 156 g/mol. The second-order valence-corrected chi connectivity index (χ2v) is 6.03. The normalized spacial score (nSPS) is 52.6. The van der Waals surface area contributed by atoms with Crippen LogP contribution in [0.5, 0.6) is 0 Å². The summed E-state index contributed by atoms with van der Waals surface area (Å²) in [7, 11) is 0. The molecule has 0 N–H and O–H groups in total. The van der Waals surface area contributed by atoms with E-state index in [-0.39, 0.29) is 0 Å². The molecule has 0 heteroatoms.